The maximum absolute atomic E-state index is 14.0. The largest absolute Gasteiger partial charge is 0.322 e. The molecule has 2 aromatic carbocycles. The molecule has 1 saturated heterocycles. The van der Waals surface area contributed by atoms with E-state index in [9.17, 15) is 26.8 Å². The maximum atomic E-state index is 14.0. The van der Waals surface area contributed by atoms with E-state index >= 15 is 0 Å². The molecule has 33 heavy (non-hydrogen) atoms. The molecule has 0 saturated carbocycles. The number of nitrogens with one attached hydrogen (secondary N) is 1. The first-order valence-electron chi connectivity index (χ1n) is 10.5. The molecule has 1 N–H and O–H groups in total. The van der Waals surface area contributed by atoms with Gasteiger partial charge in [0.25, 0.3) is 0 Å². The monoisotopic (exact) mass is 495 g/mol. The molecule has 4 rings (SSSR count). The van der Waals surface area contributed by atoms with Crippen LogP contribution in [0.25, 0.3) is 0 Å². The van der Waals surface area contributed by atoms with Gasteiger partial charge in [0.15, 0.2) is 0 Å². The Kier molecular flexibility index (Phi) is 6.73. The molecule has 2 amide bonds. The minimum absolute atomic E-state index is 0.0566. The first-order valence-corrected chi connectivity index (χ1v) is 12.9. The number of thioether (sulfide) groups is 1. The average Bonchev–Trinajstić information content (AvgIpc) is 3.30. The van der Waals surface area contributed by atoms with Crippen molar-refractivity contribution in [2.75, 3.05) is 35.6 Å². The van der Waals surface area contributed by atoms with Crippen LogP contribution < -0.4 is 10.2 Å². The summed E-state index contributed by atoms with van der Waals surface area (Å²) in [6, 6.07) is 7.36. The molecule has 7 nitrogen and oxygen atoms in total. The van der Waals surface area contributed by atoms with Gasteiger partial charge in [-0.25, -0.2) is 17.2 Å². The second-order valence-corrected chi connectivity index (χ2v) is 11.0. The van der Waals surface area contributed by atoms with Crippen LogP contribution in [-0.4, -0.2) is 49.9 Å². The summed E-state index contributed by atoms with van der Waals surface area (Å²) in [5, 5.41) is 2.35. The number of hydrogen-bond acceptors (Lipinski definition) is 5. The zero-order valence-electron chi connectivity index (χ0n) is 17.9. The van der Waals surface area contributed by atoms with Gasteiger partial charge in [0.2, 0.25) is 21.8 Å². The average molecular weight is 496 g/mol. The van der Waals surface area contributed by atoms with Gasteiger partial charge in [-0.05, 0) is 43.2 Å². The van der Waals surface area contributed by atoms with Crippen LogP contribution in [0.15, 0.2) is 46.2 Å². The number of carbonyl (C=O) groups excluding carboxylic acids is 2. The van der Waals surface area contributed by atoms with Gasteiger partial charge in [-0.2, -0.15) is 4.31 Å². The van der Waals surface area contributed by atoms with Crippen molar-refractivity contribution in [1.82, 2.24) is 4.31 Å². The Bertz CT molecular complexity index is 1200. The van der Waals surface area contributed by atoms with Gasteiger partial charge in [0.05, 0.1) is 16.3 Å². The number of benzene rings is 2. The number of amides is 2. The summed E-state index contributed by atoms with van der Waals surface area (Å²) in [6.45, 7) is 2.17. The molecule has 1 fully saturated rings. The van der Waals surface area contributed by atoms with Crippen LogP contribution in [0.3, 0.4) is 0 Å². The normalized spacial score (nSPS) is 19.3. The quantitative estimate of drug-likeness (QED) is 0.687. The summed E-state index contributed by atoms with van der Waals surface area (Å²) in [5.41, 5.74) is 0.112. The Labute approximate surface area is 195 Å². The van der Waals surface area contributed by atoms with Crippen molar-refractivity contribution in [2.24, 2.45) is 5.92 Å². The van der Waals surface area contributed by atoms with Crippen LogP contribution in [-0.2, 0) is 19.6 Å². The standard InChI is InChI=1S/C22H23F2N3O4S2/c1-14-13-32-20-7-5-16(33(30,31)26-8-2-3-9-26)11-19(20)27(22(14)29)12-21(28)25-18-6-4-15(23)10-17(18)24/h4-7,10-11,14H,2-3,8-9,12-13H2,1H3,(H,25,28)/t14-/m0/s1. The third-order valence-corrected chi connectivity index (χ3v) is 8.82. The van der Waals surface area contributed by atoms with Crippen molar-refractivity contribution in [1.29, 1.82) is 0 Å². The van der Waals surface area contributed by atoms with E-state index in [-0.39, 0.29) is 16.5 Å². The number of hydrogen-bond donors (Lipinski definition) is 1. The first kappa shape index (κ1) is 23.7. The Morgan fingerprint density at radius 1 is 1.15 bits per heavy atom. The summed E-state index contributed by atoms with van der Waals surface area (Å²) in [6.07, 6.45) is 1.59. The fourth-order valence-electron chi connectivity index (χ4n) is 3.83. The van der Waals surface area contributed by atoms with E-state index in [1.165, 1.54) is 33.1 Å². The number of rotatable bonds is 5. The SMILES string of the molecule is C[C@H]1CSc2ccc(S(=O)(=O)N3CCCC3)cc2N(CC(=O)Nc2ccc(F)cc2F)C1=O. The Morgan fingerprint density at radius 3 is 2.58 bits per heavy atom. The lowest BCUT2D eigenvalue weighted by Crippen LogP contribution is -2.41. The number of nitrogens with zero attached hydrogens (tertiary/aromatic N) is 2. The molecule has 2 aromatic rings. The van der Waals surface area contributed by atoms with Crippen molar-refractivity contribution in [3.05, 3.63) is 48.0 Å². The molecule has 2 aliphatic rings. The van der Waals surface area contributed by atoms with Crippen LogP contribution >= 0.6 is 11.8 Å². The predicted octanol–water partition coefficient (Wildman–Crippen LogP) is 3.46. The molecule has 0 aliphatic carbocycles. The first-order chi connectivity index (χ1) is 15.7. The second-order valence-electron chi connectivity index (χ2n) is 8.05. The zero-order valence-corrected chi connectivity index (χ0v) is 19.5. The van der Waals surface area contributed by atoms with Gasteiger partial charge in [-0.1, -0.05) is 6.92 Å². The van der Waals surface area contributed by atoms with Crippen molar-refractivity contribution >= 4 is 45.0 Å². The van der Waals surface area contributed by atoms with Crippen molar-refractivity contribution in [2.45, 2.75) is 29.6 Å². The highest BCUT2D eigenvalue weighted by Crippen LogP contribution is 2.38. The van der Waals surface area contributed by atoms with Crippen molar-refractivity contribution in [3.8, 4) is 0 Å². The van der Waals surface area contributed by atoms with E-state index < -0.39 is 40.0 Å². The molecular formula is C22H23F2N3O4S2. The summed E-state index contributed by atoms with van der Waals surface area (Å²) in [4.78, 5) is 27.7. The topological polar surface area (TPSA) is 86.8 Å². The molecule has 2 heterocycles. The molecule has 176 valence electrons. The van der Waals surface area contributed by atoms with E-state index in [2.05, 4.69) is 5.32 Å². The van der Waals surface area contributed by atoms with Crippen LogP contribution in [0.1, 0.15) is 19.8 Å². The maximum Gasteiger partial charge on any atom is 0.244 e. The molecule has 0 radical (unpaired) electrons. The van der Waals surface area contributed by atoms with Gasteiger partial charge in [0, 0.05) is 35.7 Å². The van der Waals surface area contributed by atoms with Crippen LogP contribution in [0.5, 0.6) is 0 Å². The molecule has 0 unspecified atom stereocenters. The van der Waals surface area contributed by atoms with Gasteiger partial charge in [-0.3, -0.25) is 9.59 Å². The fourth-order valence-corrected chi connectivity index (χ4v) is 6.42. The molecule has 0 aromatic heterocycles. The lowest BCUT2D eigenvalue weighted by atomic mass is 10.1. The van der Waals surface area contributed by atoms with Gasteiger partial charge < -0.3 is 10.2 Å². The number of carbonyl (C=O) groups is 2. The minimum atomic E-state index is -3.72. The lowest BCUT2D eigenvalue weighted by molar-refractivity contribution is -0.123. The highest BCUT2D eigenvalue weighted by molar-refractivity contribution is 7.99. The number of fused-ring (bicyclic) bond motifs is 1. The van der Waals surface area contributed by atoms with Crippen molar-refractivity contribution < 1.29 is 26.8 Å². The lowest BCUT2D eigenvalue weighted by Gasteiger charge is -2.25. The summed E-state index contributed by atoms with van der Waals surface area (Å²) >= 11 is 1.41. The minimum Gasteiger partial charge on any atom is -0.322 e. The number of anilines is 2. The van der Waals surface area contributed by atoms with E-state index in [0.717, 1.165) is 25.0 Å². The Hall–Kier alpha value is -2.50. The van der Waals surface area contributed by atoms with Gasteiger partial charge in [-0.15, -0.1) is 11.8 Å². The summed E-state index contributed by atoms with van der Waals surface area (Å²) in [7, 11) is -3.72. The van der Waals surface area contributed by atoms with Crippen molar-refractivity contribution in [3.63, 3.8) is 0 Å². The van der Waals surface area contributed by atoms with E-state index in [0.29, 0.717) is 35.5 Å². The highest BCUT2D eigenvalue weighted by Gasteiger charge is 2.33. The van der Waals surface area contributed by atoms with Crippen LogP contribution in [0.4, 0.5) is 20.2 Å². The summed E-state index contributed by atoms with van der Waals surface area (Å²) < 4.78 is 54.6. The zero-order chi connectivity index (χ0) is 23.8. The number of sulfonamides is 1. The van der Waals surface area contributed by atoms with Crippen LogP contribution in [0.2, 0.25) is 0 Å². The molecule has 1 atom stereocenters. The van der Waals surface area contributed by atoms with Gasteiger partial charge >= 0.3 is 0 Å². The second kappa shape index (κ2) is 9.40. The number of halogens is 2. The summed E-state index contributed by atoms with van der Waals surface area (Å²) in [5.74, 6) is -2.70. The van der Waals surface area contributed by atoms with E-state index in [1.54, 1.807) is 13.0 Å². The van der Waals surface area contributed by atoms with E-state index in [1.807, 2.05) is 0 Å². The highest BCUT2D eigenvalue weighted by atomic mass is 32.2. The van der Waals surface area contributed by atoms with Crippen LogP contribution in [0, 0.1) is 17.6 Å². The third kappa shape index (κ3) is 4.90. The molecule has 2 aliphatic heterocycles. The molecule has 0 spiro atoms. The molecule has 11 heteroatoms. The predicted molar refractivity (Wildman–Crippen MR) is 122 cm³/mol. The smallest absolute Gasteiger partial charge is 0.244 e. The molecule has 0 bridgehead atoms. The van der Waals surface area contributed by atoms with E-state index in [4.69, 9.17) is 0 Å². The Balaban J connectivity index is 1.65. The molecular weight excluding hydrogens is 472 g/mol. The Morgan fingerprint density at radius 2 is 1.88 bits per heavy atom. The third-order valence-electron chi connectivity index (χ3n) is 5.61. The fraction of sp³-hybridized carbons (Fsp3) is 0.364. The van der Waals surface area contributed by atoms with Gasteiger partial charge in [0.1, 0.15) is 18.2 Å².